The Bertz CT molecular complexity index is 567. The second-order valence-corrected chi connectivity index (χ2v) is 6.45. The normalized spacial score (nSPS) is 11.0. The first-order chi connectivity index (χ1) is 11.3. The van der Waals surface area contributed by atoms with Crippen molar-refractivity contribution >= 4 is 12.0 Å². The van der Waals surface area contributed by atoms with Crippen molar-refractivity contribution in [1.29, 1.82) is 0 Å². The molecule has 0 radical (unpaired) electrons. The summed E-state index contributed by atoms with van der Waals surface area (Å²) in [5.41, 5.74) is 12.6. The first kappa shape index (κ1) is 19.9. The standard InChI is InChI=1S/C17H28N4O3/c1-17(2,3)24-16(23)21-11-13-9-12(10-19)5-6-14(13)15(22)20-8-4-7-18/h5-6,9H,4,7-8,10-11,18-19H2,1-3H3,(H,20,22)(H,21,23). The lowest BCUT2D eigenvalue weighted by Gasteiger charge is -2.20. The summed E-state index contributed by atoms with van der Waals surface area (Å²) in [7, 11) is 0. The van der Waals surface area contributed by atoms with Gasteiger partial charge in [0.1, 0.15) is 5.60 Å². The van der Waals surface area contributed by atoms with Crippen molar-refractivity contribution in [1.82, 2.24) is 10.6 Å². The summed E-state index contributed by atoms with van der Waals surface area (Å²) in [6, 6.07) is 5.33. The number of amides is 2. The van der Waals surface area contributed by atoms with Crippen molar-refractivity contribution in [2.75, 3.05) is 13.1 Å². The highest BCUT2D eigenvalue weighted by molar-refractivity contribution is 5.95. The largest absolute Gasteiger partial charge is 0.444 e. The molecule has 0 saturated heterocycles. The average Bonchev–Trinajstić information content (AvgIpc) is 2.51. The molecule has 0 unspecified atom stereocenters. The van der Waals surface area contributed by atoms with Crippen LogP contribution in [0.1, 0.15) is 48.7 Å². The highest BCUT2D eigenvalue weighted by Crippen LogP contribution is 2.13. The molecule has 0 bridgehead atoms. The quantitative estimate of drug-likeness (QED) is 0.559. The predicted molar refractivity (Wildman–Crippen MR) is 93.4 cm³/mol. The molecule has 0 spiro atoms. The minimum Gasteiger partial charge on any atom is -0.444 e. The summed E-state index contributed by atoms with van der Waals surface area (Å²) in [4.78, 5) is 24.1. The van der Waals surface area contributed by atoms with Gasteiger partial charge in [-0.05, 0) is 50.9 Å². The number of carbonyl (C=O) groups excluding carboxylic acids is 2. The van der Waals surface area contributed by atoms with Gasteiger partial charge in [0.15, 0.2) is 0 Å². The van der Waals surface area contributed by atoms with Gasteiger partial charge in [0.05, 0.1) is 0 Å². The van der Waals surface area contributed by atoms with Gasteiger partial charge in [-0.2, -0.15) is 0 Å². The van der Waals surface area contributed by atoms with Gasteiger partial charge < -0.3 is 26.8 Å². The minimum atomic E-state index is -0.578. The Balaban J connectivity index is 2.82. The molecule has 0 aliphatic carbocycles. The number of hydrogen-bond donors (Lipinski definition) is 4. The molecule has 0 heterocycles. The van der Waals surface area contributed by atoms with Gasteiger partial charge in [-0.25, -0.2) is 4.79 Å². The fraction of sp³-hybridized carbons (Fsp3) is 0.529. The maximum absolute atomic E-state index is 12.3. The van der Waals surface area contributed by atoms with Crippen molar-refractivity contribution in [3.05, 3.63) is 34.9 Å². The van der Waals surface area contributed by atoms with E-state index in [4.69, 9.17) is 16.2 Å². The van der Waals surface area contributed by atoms with Gasteiger partial charge >= 0.3 is 6.09 Å². The summed E-state index contributed by atoms with van der Waals surface area (Å²) >= 11 is 0. The SMILES string of the molecule is CC(C)(C)OC(=O)NCc1cc(CN)ccc1C(=O)NCCCN. The van der Waals surface area contributed by atoms with Crippen molar-refractivity contribution in [2.45, 2.75) is 45.9 Å². The Morgan fingerprint density at radius 2 is 1.88 bits per heavy atom. The topological polar surface area (TPSA) is 119 Å². The van der Waals surface area contributed by atoms with Crippen molar-refractivity contribution in [2.24, 2.45) is 11.5 Å². The van der Waals surface area contributed by atoms with E-state index in [0.29, 0.717) is 37.2 Å². The monoisotopic (exact) mass is 336 g/mol. The molecule has 7 heteroatoms. The summed E-state index contributed by atoms with van der Waals surface area (Å²) in [6.45, 7) is 6.93. The number of nitrogens with two attached hydrogens (primary N) is 2. The van der Waals surface area contributed by atoms with E-state index in [-0.39, 0.29) is 12.5 Å². The molecule has 0 aliphatic rings. The van der Waals surface area contributed by atoms with E-state index in [9.17, 15) is 9.59 Å². The predicted octanol–water partition coefficient (Wildman–Crippen LogP) is 1.25. The van der Waals surface area contributed by atoms with Crippen molar-refractivity contribution in [3.63, 3.8) is 0 Å². The van der Waals surface area contributed by atoms with E-state index in [1.165, 1.54) is 0 Å². The van der Waals surface area contributed by atoms with Crippen LogP contribution >= 0.6 is 0 Å². The number of benzene rings is 1. The van der Waals surface area contributed by atoms with Crippen LogP contribution in [0.2, 0.25) is 0 Å². The first-order valence-corrected chi connectivity index (χ1v) is 8.04. The van der Waals surface area contributed by atoms with E-state index in [1.807, 2.05) is 6.07 Å². The molecule has 0 aromatic heterocycles. The van der Waals surface area contributed by atoms with Crippen LogP contribution in [0.25, 0.3) is 0 Å². The highest BCUT2D eigenvalue weighted by atomic mass is 16.6. The minimum absolute atomic E-state index is 0.183. The summed E-state index contributed by atoms with van der Waals surface area (Å²) in [5, 5.41) is 5.48. The van der Waals surface area contributed by atoms with Gasteiger partial charge in [0.25, 0.3) is 5.91 Å². The molecule has 6 N–H and O–H groups in total. The lowest BCUT2D eigenvalue weighted by Crippen LogP contribution is -2.33. The molecule has 0 fully saturated rings. The van der Waals surface area contributed by atoms with Crippen molar-refractivity contribution in [3.8, 4) is 0 Å². The van der Waals surface area contributed by atoms with E-state index >= 15 is 0 Å². The maximum Gasteiger partial charge on any atom is 0.407 e. The van der Waals surface area contributed by atoms with Crippen LogP contribution < -0.4 is 22.1 Å². The van der Waals surface area contributed by atoms with Gasteiger partial charge in [-0.3, -0.25) is 4.79 Å². The zero-order valence-electron chi connectivity index (χ0n) is 14.6. The highest BCUT2D eigenvalue weighted by Gasteiger charge is 2.17. The van der Waals surface area contributed by atoms with E-state index in [2.05, 4.69) is 10.6 Å². The van der Waals surface area contributed by atoms with Crippen LogP contribution in [0, 0.1) is 0 Å². The Morgan fingerprint density at radius 3 is 2.46 bits per heavy atom. The van der Waals surface area contributed by atoms with E-state index < -0.39 is 11.7 Å². The van der Waals surface area contributed by atoms with Crippen LogP contribution in [0.15, 0.2) is 18.2 Å². The Hall–Kier alpha value is -2.12. The molecule has 24 heavy (non-hydrogen) atoms. The second-order valence-electron chi connectivity index (χ2n) is 6.45. The molecule has 0 atom stereocenters. The van der Waals surface area contributed by atoms with Gasteiger partial charge in [0.2, 0.25) is 0 Å². The molecule has 134 valence electrons. The molecule has 2 amide bonds. The second kappa shape index (κ2) is 9.24. The molecular weight excluding hydrogens is 308 g/mol. The Morgan fingerprint density at radius 1 is 1.17 bits per heavy atom. The average molecular weight is 336 g/mol. The third-order valence-electron chi connectivity index (χ3n) is 3.14. The fourth-order valence-electron chi connectivity index (χ4n) is 2.02. The number of alkyl carbamates (subject to hydrolysis) is 1. The smallest absolute Gasteiger partial charge is 0.407 e. The van der Waals surface area contributed by atoms with Crippen LogP contribution in [0.5, 0.6) is 0 Å². The molecule has 0 aliphatic heterocycles. The third-order valence-corrected chi connectivity index (χ3v) is 3.14. The number of rotatable bonds is 7. The molecule has 1 aromatic carbocycles. The Kier molecular flexibility index (Phi) is 7.67. The van der Waals surface area contributed by atoms with Crippen LogP contribution in [0.4, 0.5) is 4.79 Å². The molecular formula is C17H28N4O3. The number of ether oxygens (including phenoxy) is 1. The maximum atomic E-state index is 12.3. The zero-order valence-corrected chi connectivity index (χ0v) is 14.6. The van der Waals surface area contributed by atoms with Gasteiger partial charge in [0, 0.05) is 25.2 Å². The zero-order chi connectivity index (χ0) is 18.2. The lowest BCUT2D eigenvalue weighted by atomic mass is 10.0. The van der Waals surface area contributed by atoms with Crippen LogP contribution in [0.3, 0.4) is 0 Å². The van der Waals surface area contributed by atoms with Crippen LogP contribution in [-0.2, 0) is 17.8 Å². The van der Waals surface area contributed by atoms with Gasteiger partial charge in [-0.15, -0.1) is 0 Å². The summed E-state index contributed by atoms with van der Waals surface area (Å²) in [5.74, 6) is -0.201. The Labute approximate surface area is 143 Å². The number of carbonyl (C=O) groups is 2. The molecule has 0 saturated carbocycles. The molecule has 1 aromatic rings. The van der Waals surface area contributed by atoms with Crippen LogP contribution in [-0.4, -0.2) is 30.7 Å². The first-order valence-electron chi connectivity index (χ1n) is 8.04. The summed E-state index contributed by atoms with van der Waals surface area (Å²) < 4.78 is 5.21. The fourth-order valence-corrected chi connectivity index (χ4v) is 2.02. The lowest BCUT2D eigenvalue weighted by molar-refractivity contribution is 0.0522. The third kappa shape index (κ3) is 6.97. The number of hydrogen-bond acceptors (Lipinski definition) is 5. The van der Waals surface area contributed by atoms with Crippen molar-refractivity contribution < 1.29 is 14.3 Å². The van der Waals surface area contributed by atoms with Gasteiger partial charge in [-0.1, -0.05) is 12.1 Å². The number of nitrogens with one attached hydrogen (secondary N) is 2. The van der Waals surface area contributed by atoms with E-state index in [1.54, 1.807) is 32.9 Å². The van der Waals surface area contributed by atoms with E-state index in [0.717, 1.165) is 5.56 Å². The molecule has 7 nitrogen and oxygen atoms in total. The molecule has 1 rings (SSSR count). The summed E-state index contributed by atoms with van der Waals surface area (Å²) in [6.07, 6.45) is 0.174.